The van der Waals surface area contributed by atoms with Crippen molar-refractivity contribution in [1.82, 2.24) is 19.7 Å². The zero-order valence-electron chi connectivity index (χ0n) is 19.2. The van der Waals surface area contributed by atoms with Crippen molar-refractivity contribution in [1.29, 1.82) is 0 Å². The summed E-state index contributed by atoms with van der Waals surface area (Å²) in [7, 11) is 0. The summed E-state index contributed by atoms with van der Waals surface area (Å²) in [5.74, 6) is 1.01. The van der Waals surface area contributed by atoms with E-state index in [0.717, 1.165) is 47.6 Å². The third-order valence-electron chi connectivity index (χ3n) is 6.95. The number of nitrogens with zero attached hydrogens (tertiary/aromatic N) is 5. The molecule has 1 saturated heterocycles. The van der Waals surface area contributed by atoms with Gasteiger partial charge in [0.15, 0.2) is 0 Å². The van der Waals surface area contributed by atoms with Gasteiger partial charge >= 0.3 is 0 Å². The highest BCUT2D eigenvalue weighted by Crippen LogP contribution is 2.35. The standard InChI is InChI=1S/C25H29N5O3/c1-3-27-16-20-14-21(6-7-22(20)25(27)33)30-8-4-5-18-13-19(15-26-23(18)30)24(32)29-11-9-28(10-12-29)17(2)31/h6-7,13-15H,3-5,8-12,16H2,1-2H3. The van der Waals surface area contributed by atoms with E-state index in [-0.39, 0.29) is 17.7 Å². The van der Waals surface area contributed by atoms with Gasteiger partial charge in [0.25, 0.3) is 11.8 Å². The minimum absolute atomic E-state index is 0.0266. The molecule has 0 radical (unpaired) electrons. The molecule has 0 spiro atoms. The number of carbonyl (C=O) groups is 3. The Morgan fingerprint density at radius 2 is 1.76 bits per heavy atom. The van der Waals surface area contributed by atoms with Crippen LogP contribution < -0.4 is 4.90 Å². The molecular weight excluding hydrogens is 418 g/mol. The number of rotatable bonds is 3. The van der Waals surface area contributed by atoms with Crippen LogP contribution in [0.5, 0.6) is 0 Å². The maximum absolute atomic E-state index is 13.1. The van der Waals surface area contributed by atoms with Crippen LogP contribution >= 0.6 is 0 Å². The Hall–Kier alpha value is -3.42. The van der Waals surface area contributed by atoms with Gasteiger partial charge in [0, 0.05) is 70.2 Å². The summed E-state index contributed by atoms with van der Waals surface area (Å²) in [6, 6.07) is 8.01. The molecule has 0 bridgehead atoms. The van der Waals surface area contributed by atoms with E-state index >= 15 is 0 Å². The van der Waals surface area contributed by atoms with E-state index < -0.39 is 0 Å². The number of fused-ring (bicyclic) bond motifs is 2. The van der Waals surface area contributed by atoms with Crippen molar-refractivity contribution in [3.05, 3.63) is 52.7 Å². The molecule has 0 saturated carbocycles. The monoisotopic (exact) mass is 447 g/mol. The third-order valence-corrected chi connectivity index (χ3v) is 6.95. The lowest BCUT2D eigenvalue weighted by atomic mass is 10.0. The Bertz CT molecular complexity index is 1120. The quantitative estimate of drug-likeness (QED) is 0.722. The van der Waals surface area contributed by atoms with Gasteiger partial charge in [-0.15, -0.1) is 0 Å². The molecule has 8 heteroatoms. The van der Waals surface area contributed by atoms with Crippen LogP contribution in [0.1, 0.15) is 52.1 Å². The van der Waals surface area contributed by atoms with Crippen molar-refractivity contribution in [3.8, 4) is 0 Å². The van der Waals surface area contributed by atoms with Crippen LogP contribution in [0.2, 0.25) is 0 Å². The fourth-order valence-corrected chi connectivity index (χ4v) is 5.03. The van der Waals surface area contributed by atoms with Crippen molar-refractivity contribution < 1.29 is 14.4 Å². The first-order chi connectivity index (χ1) is 16.0. The van der Waals surface area contributed by atoms with Crippen molar-refractivity contribution in [2.24, 2.45) is 0 Å². The highest BCUT2D eigenvalue weighted by atomic mass is 16.2. The molecule has 1 aromatic carbocycles. The lowest BCUT2D eigenvalue weighted by Gasteiger charge is -2.34. The van der Waals surface area contributed by atoms with Gasteiger partial charge in [0.2, 0.25) is 5.91 Å². The topological polar surface area (TPSA) is 77.1 Å². The van der Waals surface area contributed by atoms with Gasteiger partial charge in [-0.2, -0.15) is 0 Å². The molecule has 5 rings (SSSR count). The predicted octanol–water partition coefficient (Wildman–Crippen LogP) is 2.45. The van der Waals surface area contributed by atoms with E-state index in [4.69, 9.17) is 4.98 Å². The molecule has 0 atom stereocenters. The van der Waals surface area contributed by atoms with E-state index in [1.54, 1.807) is 22.9 Å². The molecule has 4 heterocycles. The van der Waals surface area contributed by atoms with E-state index in [9.17, 15) is 14.4 Å². The number of amides is 3. The van der Waals surface area contributed by atoms with Gasteiger partial charge in [-0.25, -0.2) is 4.98 Å². The van der Waals surface area contributed by atoms with Crippen molar-refractivity contribution in [2.45, 2.75) is 33.2 Å². The number of hydrogen-bond acceptors (Lipinski definition) is 5. The molecular formula is C25H29N5O3. The minimum atomic E-state index is -0.0266. The number of aromatic nitrogens is 1. The van der Waals surface area contributed by atoms with Crippen LogP contribution in [0, 0.1) is 0 Å². The number of benzene rings is 1. The lowest BCUT2D eigenvalue weighted by Crippen LogP contribution is -2.50. The molecule has 2 aromatic rings. The van der Waals surface area contributed by atoms with Crippen LogP contribution in [0.25, 0.3) is 0 Å². The van der Waals surface area contributed by atoms with Gasteiger partial charge < -0.3 is 19.6 Å². The second-order valence-corrected chi connectivity index (χ2v) is 8.92. The molecule has 3 amide bonds. The van der Waals surface area contributed by atoms with Gasteiger partial charge in [-0.05, 0) is 55.2 Å². The zero-order valence-corrected chi connectivity index (χ0v) is 19.2. The first kappa shape index (κ1) is 21.4. The van der Waals surface area contributed by atoms with Gasteiger partial charge in [0.1, 0.15) is 5.82 Å². The molecule has 33 heavy (non-hydrogen) atoms. The van der Waals surface area contributed by atoms with E-state index in [1.807, 2.05) is 30.0 Å². The number of anilines is 2. The second kappa shape index (κ2) is 8.50. The number of hydrogen-bond donors (Lipinski definition) is 0. The molecule has 3 aliphatic rings. The molecule has 3 aliphatic heterocycles. The lowest BCUT2D eigenvalue weighted by molar-refractivity contribution is -0.130. The maximum atomic E-state index is 13.1. The largest absolute Gasteiger partial charge is 0.339 e. The molecule has 8 nitrogen and oxygen atoms in total. The van der Waals surface area contributed by atoms with Crippen molar-refractivity contribution in [3.63, 3.8) is 0 Å². The Kier molecular flexibility index (Phi) is 5.52. The Labute approximate surface area is 193 Å². The molecule has 0 aliphatic carbocycles. The average Bonchev–Trinajstić information content (AvgIpc) is 3.17. The minimum Gasteiger partial charge on any atom is -0.339 e. The summed E-state index contributed by atoms with van der Waals surface area (Å²) >= 11 is 0. The molecule has 0 unspecified atom stereocenters. The summed E-state index contributed by atoms with van der Waals surface area (Å²) in [4.78, 5) is 49.4. The number of carbonyl (C=O) groups excluding carboxylic acids is 3. The number of piperazine rings is 1. The molecule has 172 valence electrons. The van der Waals surface area contributed by atoms with Crippen molar-refractivity contribution >= 4 is 29.2 Å². The van der Waals surface area contributed by atoms with E-state index in [0.29, 0.717) is 44.8 Å². The fourth-order valence-electron chi connectivity index (χ4n) is 5.03. The van der Waals surface area contributed by atoms with E-state index in [2.05, 4.69) is 11.0 Å². The molecule has 1 aromatic heterocycles. The Balaban J connectivity index is 1.36. The third kappa shape index (κ3) is 3.83. The first-order valence-corrected chi connectivity index (χ1v) is 11.7. The van der Waals surface area contributed by atoms with Crippen LogP contribution in [0.4, 0.5) is 11.5 Å². The van der Waals surface area contributed by atoms with Gasteiger partial charge in [0.05, 0.1) is 5.56 Å². The first-order valence-electron chi connectivity index (χ1n) is 11.7. The highest BCUT2D eigenvalue weighted by molar-refractivity contribution is 5.99. The summed E-state index contributed by atoms with van der Waals surface area (Å²) in [5.41, 5.74) is 4.55. The van der Waals surface area contributed by atoms with Gasteiger partial charge in [-0.1, -0.05) is 0 Å². The number of aryl methyl sites for hydroxylation is 1. The summed E-state index contributed by atoms with van der Waals surface area (Å²) in [5, 5.41) is 0. The summed E-state index contributed by atoms with van der Waals surface area (Å²) < 4.78 is 0. The summed E-state index contributed by atoms with van der Waals surface area (Å²) in [6.45, 7) is 8.01. The Morgan fingerprint density at radius 3 is 2.48 bits per heavy atom. The smallest absolute Gasteiger partial charge is 0.255 e. The summed E-state index contributed by atoms with van der Waals surface area (Å²) in [6.07, 6.45) is 3.53. The van der Waals surface area contributed by atoms with Crippen LogP contribution in [-0.2, 0) is 17.8 Å². The highest BCUT2D eigenvalue weighted by Gasteiger charge is 2.29. The van der Waals surface area contributed by atoms with Crippen LogP contribution in [0.15, 0.2) is 30.5 Å². The van der Waals surface area contributed by atoms with Crippen LogP contribution in [0.3, 0.4) is 0 Å². The van der Waals surface area contributed by atoms with Gasteiger partial charge in [-0.3, -0.25) is 14.4 Å². The fraction of sp³-hybridized carbons (Fsp3) is 0.440. The number of pyridine rings is 1. The SMILES string of the molecule is CCN1Cc2cc(N3CCCc4cc(C(=O)N5CCN(C(C)=O)CC5)cnc43)ccc2C1=O. The average molecular weight is 448 g/mol. The second-order valence-electron chi connectivity index (χ2n) is 8.92. The molecule has 1 fully saturated rings. The Morgan fingerprint density at radius 1 is 1.00 bits per heavy atom. The normalized spacial score (nSPS) is 17.8. The maximum Gasteiger partial charge on any atom is 0.255 e. The predicted molar refractivity (Wildman–Crippen MR) is 125 cm³/mol. The van der Waals surface area contributed by atoms with Crippen molar-refractivity contribution in [2.75, 3.05) is 44.2 Å². The van der Waals surface area contributed by atoms with E-state index in [1.165, 1.54) is 0 Å². The zero-order chi connectivity index (χ0) is 23.1. The van der Waals surface area contributed by atoms with Crippen LogP contribution in [-0.4, -0.2) is 76.7 Å². The molecule has 0 N–H and O–H groups in total.